The van der Waals surface area contributed by atoms with Crippen molar-refractivity contribution in [3.05, 3.63) is 0 Å². The summed E-state index contributed by atoms with van der Waals surface area (Å²) >= 11 is 0. The quantitative estimate of drug-likeness (QED) is 0.597. The van der Waals surface area contributed by atoms with E-state index < -0.39 is 5.67 Å². The fraction of sp³-hybridized carbons (Fsp3) is 1.00. The average molecular weight is 159 g/mol. The predicted molar refractivity (Wildman–Crippen MR) is 45.5 cm³/mol. The summed E-state index contributed by atoms with van der Waals surface area (Å²) in [7, 11) is 0. The summed E-state index contributed by atoms with van der Waals surface area (Å²) < 4.78 is 13.5. The molecule has 0 N–H and O–H groups in total. The molecule has 0 amide bonds. The molecule has 0 spiro atoms. The second-order valence-corrected chi connectivity index (χ2v) is 3.85. The highest BCUT2D eigenvalue weighted by molar-refractivity contribution is 4.90. The fourth-order valence-corrected chi connectivity index (χ4v) is 1.98. The number of likely N-dealkylation sites (tertiary alicyclic amines) is 1. The number of halogens is 1. The van der Waals surface area contributed by atoms with Crippen LogP contribution in [0, 0.1) is 0 Å². The van der Waals surface area contributed by atoms with Crippen LogP contribution in [0.2, 0.25) is 0 Å². The molecule has 1 saturated heterocycles. The predicted octanol–water partition coefficient (Wildman–Crippen LogP) is 2.22. The minimum Gasteiger partial charge on any atom is -0.298 e. The van der Waals surface area contributed by atoms with Crippen LogP contribution in [-0.2, 0) is 0 Å². The van der Waals surface area contributed by atoms with E-state index in [0.717, 1.165) is 25.9 Å². The van der Waals surface area contributed by atoms with Gasteiger partial charge in [0.1, 0.15) is 5.67 Å². The first-order chi connectivity index (χ1) is 5.05. The highest BCUT2D eigenvalue weighted by Crippen LogP contribution is 2.28. The number of rotatable bonds is 2. The van der Waals surface area contributed by atoms with Crippen LogP contribution >= 0.6 is 0 Å². The molecule has 1 rings (SSSR count). The maximum atomic E-state index is 13.5. The molecule has 0 aromatic heterocycles. The van der Waals surface area contributed by atoms with Crippen LogP contribution in [0.1, 0.15) is 33.6 Å². The summed E-state index contributed by atoms with van der Waals surface area (Å²) in [5, 5.41) is 0. The molecule has 66 valence electrons. The summed E-state index contributed by atoms with van der Waals surface area (Å²) in [5.41, 5.74) is -1.02. The van der Waals surface area contributed by atoms with Gasteiger partial charge in [0.2, 0.25) is 0 Å². The third-order valence-electron chi connectivity index (χ3n) is 2.56. The Bertz CT molecular complexity index is 128. The van der Waals surface area contributed by atoms with E-state index >= 15 is 0 Å². The molecule has 11 heavy (non-hydrogen) atoms. The molecule has 0 aromatic rings. The van der Waals surface area contributed by atoms with Gasteiger partial charge in [-0.2, -0.15) is 0 Å². The zero-order chi connectivity index (χ0) is 8.48. The van der Waals surface area contributed by atoms with Crippen LogP contribution in [0.5, 0.6) is 0 Å². The van der Waals surface area contributed by atoms with Crippen molar-refractivity contribution < 1.29 is 4.39 Å². The lowest BCUT2D eigenvalue weighted by Crippen LogP contribution is -2.42. The second kappa shape index (κ2) is 3.10. The van der Waals surface area contributed by atoms with E-state index in [2.05, 4.69) is 11.8 Å². The van der Waals surface area contributed by atoms with E-state index in [4.69, 9.17) is 0 Å². The smallest absolute Gasteiger partial charge is 0.120 e. The highest BCUT2D eigenvalue weighted by atomic mass is 19.1. The topological polar surface area (TPSA) is 3.24 Å². The van der Waals surface area contributed by atoms with Gasteiger partial charge in [-0.05, 0) is 39.8 Å². The third kappa shape index (κ3) is 1.92. The van der Waals surface area contributed by atoms with Crippen LogP contribution < -0.4 is 0 Å². The Hall–Kier alpha value is -0.110. The number of alkyl halides is 1. The molecule has 0 aromatic carbocycles. The van der Waals surface area contributed by atoms with Gasteiger partial charge in [0, 0.05) is 6.04 Å². The molecule has 1 aliphatic rings. The average Bonchev–Trinajstić information content (AvgIpc) is 2.31. The molecule has 0 bridgehead atoms. The Labute approximate surface area is 68.6 Å². The summed E-state index contributed by atoms with van der Waals surface area (Å²) in [6, 6.07) is 0.160. The molecule has 1 unspecified atom stereocenters. The van der Waals surface area contributed by atoms with Gasteiger partial charge >= 0.3 is 0 Å². The Morgan fingerprint density at radius 2 is 2.18 bits per heavy atom. The largest absolute Gasteiger partial charge is 0.298 e. The lowest BCUT2D eigenvalue weighted by Gasteiger charge is -2.30. The minimum atomic E-state index is -1.02. The Kier molecular flexibility index (Phi) is 2.53. The lowest BCUT2D eigenvalue weighted by atomic mass is 9.99. The summed E-state index contributed by atoms with van der Waals surface area (Å²) in [5.74, 6) is 0. The molecule has 0 saturated carbocycles. The van der Waals surface area contributed by atoms with E-state index in [1.807, 2.05) is 0 Å². The van der Waals surface area contributed by atoms with E-state index in [0.29, 0.717) is 0 Å². The molecule has 1 aliphatic heterocycles. The fourth-order valence-electron chi connectivity index (χ4n) is 1.98. The SMILES string of the molecule is CCN1CCCC1C(C)(C)F. The standard InChI is InChI=1S/C9H18FN/c1-4-11-7-5-6-8(11)9(2,3)10/h8H,4-7H2,1-3H3. The van der Waals surface area contributed by atoms with Crippen LogP contribution in [0.15, 0.2) is 0 Å². The zero-order valence-corrected chi connectivity index (χ0v) is 7.73. The van der Waals surface area contributed by atoms with Crippen LogP contribution in [-0.4, -0.2) is 29.7 Å². The van der Waals surface area contributed by atoms with Crippen molar-refractivity contribution in [1.29, 1.82) is 0 Å². The first-order valence-corrected chi connectivity index (χ1v) is 4.48. The molecule has 1 atom stereocenters. The monoisotopic (exact) mass is 159 g/mol. The van der Waals surface area contributed by atoms with Crippen molar-refractivity contribution in [2.75, 3.05) is 13.1 Å². The summed E-state index contributed by atoms with van der Waals surface area (Å²) in [6.45, 7) is 7.54. The zero-order valence-electron chi connectivity index (χ0n) is 7.73. The Balaban J connectivity index is 2.57. The van der Waals surface area contributed by atoms with E-state index in [1.165, 1.54) is 0 Å². The summed E-state index contributed by atoms with van der Waals surface area (Å²) in [6.07, 6.45) is 2.18. The molecule has 1 fully saturated rings. The van der Waals surface area contributed by atoms with Gasteiger partial charge in [0.25, 0.3) is 0 Å². The summed E-state index contributed by atoms with van der Waals surface area (Å²) in [4.78, 5) is 2.24. The van der Waals surface area contributed by atoms with Gasteiger partial charge in [0.05, 0.1) is 0 Å². The first-order valence-electron chi connectivity index (χ1n) is 4.48. The van der Waals surface area contributed by atoms with Crippen molar-refractivity contribution in [3.8, 4) is 0 Å². The van der Waals surface area contributed by atoms with Crippen molar-refractivity contribution >= 4 is 0 Å². The van der Waals surface area contributed by atoms with Gasteiger partial charge in [-0.1, -0.05) is 6.92 Å². The van der Waals surface area contributed by atoms with Crippen molar-refractivity contribution in [1.82, 2.24) is 4.90 Å². The van der Waals surface area contributed by atoms with E-state index in [9.17, 15) is 4.39 Å². The third-order valence-corrected chi connectivity index (χ3v) is 2.56. The highest BCUT2D eigenvalue weighted by Gasteiger charge is 2.36. The molecule has 0 aliphatic carbocycles. The van der Waals surface area contributed by atoms with E-state index in [1.54, 1.807) is 13.8 Å². The van der Waals surface area contributed by atoms with Crippen LogP contribution in [0.25, 0.3) is 0 Å². The maximum Gasteiger partial charge on any atom is 0.120 e. The van der Waals surface area contributed by atoms with Gasteiger partial charge in [-0.3, -0.25) is 4.90 Å². The number of hydrogen-bond acceptors (Lipinski definition) is 1. The lowest BCUT2D eigenvalue weighted by molar-refractivity contribution is 0.0821. The van der Waals surface area contributed by atoms with E-state index in [-0.39, 0.29) is 6.04 Å². The van der Waals surface area contributed by atoms with Gasteiger partial charge in [0.15, 0.2) is 0 Å². The second-order valence-electron chi connectivity index (χ2n) is 3.85. The molecular formula is C9H18FN. The molecule has 1 heterocycles. The van der Waals surface area contributed by atoms with Gasteiger partial charge in [-0.15, -0.1) is 0 Å². The van der Waals surface area contributed by atoms with Gasteiger partial charge in [-0.25, -0.2) is 4.39 Å². The Morgan fingerprint density at radius 3 is 2.55 bits per heavy atom. The maximum absolute atomic E-state index is 13.5. The minimum absolute atomic E-state index is 0.160. The van der Waals surface area contributed by atoms with Crippen LogP contribution in [0.3, 0.4) is 0 Å². The van der Waals surface area contributed by atoms with Crippen LogP contribution in [0.4, 0.5) is 4.39 Å². The molecule has 0 radical (unpaired) electrons. The Morgan fingerprint density at radius 1 is 1.55 bits per heavy atom. The normalized spacial score (nSPS) is 27.8. The number of nitrogens with zero attached hydrogens (tertiary/aromatic N) is 1. The van der Waals surface area contributed by atoms with Gasteiger partial charge < -0.3 is 0 Å². The number of hydrogen-bond donors (Lipinski definition) is 0. The van der Waals surface area contributed by atoms with Crippen molar-refractivity contribution in [3.63, 3.8) is 0 Å². The van der Waals surface area contributed by atoms with Crippen molar-refractivity contribution in [2.45, 2.75) is 45.3 Å². The van der Waals surface area contributed by atoms with Crippen molar-refractivity contribution in [2.24, 2.45) is 0 Å². The first kappa shape index (κ1) is 8.98. The molecule has 1 nitrogen and oxygen atoms in total. The molecule has 2 heteroatoms. The molecular weight excluding hydrogens is 141 g/mol.